The molecule has 26 heavy (non-hydrogen) atoms. The maximum absolute atomic E-state index is 12.4. The van der Waals surface area contributed by atoms with Crippen LogP contribution in [0.2, 0.25) is 0 Å². The molecule has 2 saturated heterocycles. The lowest BCUT2D eigenvalue weighted by Crippen LogP contribution is -2.42. The van der Waals surface area contributed by atoms with Gasteiger partial charge in [0.2, 0.25) is 11.8 Å². The Morgan fingerprint density at radius 3 is 2.27 bits per heavy atom. The molecule has 1 unspecified atom stereocenters. The molecule has 0 saturated carbocycles. The highest BCUT2D eigenvalue weighted by Gasteiger charge is 2.31. The van der Waals surface area contributed by atoms with E-state index >= 15 is 0 Å². The molecule has 2 fully saturated rings. The molecule has 0 aliphatic carbocycles. The van der Waals surface area contributed by atoms with E-state index in [1.165, 1.54) is 17.4 Å². The fraction of sp³-hybridized carbons (Fsp3) is 0.833. The monoisotopic (exact) mass is 362 g/mol. The number of tetrazole rings is 1. The fourth-order valence-corrected chi connectivity index (χ4v) is 4.29. The third kappa shape index (κ3) is 4.59. The first kappa shape index (κ1) is 18.8. The van der Waals surface area contributed by atoms with E-state index in [0.717, 1.165) is 51.9 Å². The summed E-state index contributed by atoms with van der Waals surface area (Å²) < 4.78 is 1.48. The third-order valence-electron chi connectivity index (χ3n) is 5.83. The lowest BCUT2D eigenvalue weighted by Gasteiger charge is -2.36. The smallest absolute Gasteiger partial charge is 0.244 e. The molecule has 8 heteroatoms. The van der Waals surface area contributed by atoms with Gasteiger partial charge in [0.05, 0.1) is 0 Å². The number of nitrogens with zero attached hydrogens (tertiary/aromatic N) is 6. The SMILES string of the molecule is CC(C)C(=O)N1CCC(C2CCCN(C(=O)Cn3cnnn3)CC2)CC1. The Kier molecular flexibility index (Phi) is 6.21. The van der Waals surface area contributed by atoms with E-state index in [2.05, 4.69) is 15.5 Å². The van der Waals surface area contributed by atoms with E-state index in [1.807, 2.05) is 23.6 Å². The number of rotatable bonds is 4. The number of carbonyl (C=O) groups is 2. The summed E-state index contributed by atoms with van der Waals surface area (Å²) in [4.78, 5) is 28.6. The van der Waals surface area contributed by atoms with Gasteiger partial charge in [-0.05, 0) is 54.4 Å². The molecule has 144 valence electrons. The van der Waals surface area contributed by atoms with Gasteiger partial charge in [-0.3, -0.25) is 9.59 Å². The van der Waals surface area contributed by atoms with Gasteiger partial charge in [0.15, 0.2) is 0 Å². The molecule has 2 aliphatic rings. The molecule has 1 atom stereocenters. The average Bonchev–Trinajstić information content (AvgIpc) is 3.02. The number of aromatic nitrogens is 4. The highest BCUT2D eigenvalue weighted by Crippen LogP contribution is 2.32. The van der Waals surface area contributed by atoms with Gasteiger partial charge in [-0.15, -0.1) is 5.10 Å². The number of carbonyl (C=O) groups excluding carboxylic acids is 2. The molecule has 2 amide bonds. The molecule has 1 aromatic heterocycles. The van der Waals surface area contributed by atoms with Crippen LogP contribution in [-0.4, -0.2) is 68.0 Å². The van der Waals surface area contributed by atoms with Crippen molar-refractivity contribution >= 4 is 11.8 Å². The molecular weight excluding hydrogens is 332 g/mol. The Labute approximate surface area is 154 Å². The first-order valence-corrected chi connectivity index (χ1v) is 9.82. The quantitative estimate of drug-likeness (QED) is 0.803. The zero-order chi connectivity index (χ0) is 18.5. The van der Waals surface area contributed by atoms with Crippen LogP contribution in [0.25, 0.3) is 0 Å². The first-order chi connectivity index (χ1) is 12.5. The predicted molar refractivity (Wildman–Crippen MR) is 95.9 cm³/mol. The van der Waals surface area contributed by atoms with Crippen molar-refractivity contribution in [3.63, 3.8) is 0 Å². The summed E-state index contributed by atoms with van der Waals surface area (Å²) in [6, 6.07) is 0. The van der Waals surface area contributed by atoms with Crippen LogP contribution in [0.15, 0.2) is 6.33 Å². The van der Waals surface area contributed by atoms with Crippen molar-refractivity contribution < 1.29 is 9.59 Å². The number of likely N-dealkylation sites (tertiary alicyclic amines) is 2. The summed E-state index contributed by atoms with van der Waals surface area (Å²) in [6.07, 6.45) is 6.97. The molecule has 8 nitrogen and oxygen atoms in total. The Balaban J connectivity index is 1.47. The molecule has 0 radical (unpaired) electrons. The zero-order valence-corrected chi connectivity index (χ0v) is 15.9. The van der Waals surface area contributed by atoms with Crippen molar-refractivity contribution in [3.8, 4) is 0 Å². The van der Waals surface area contributed by atoms with Gasteiger partial charge in [0.25, 0.3) is 0 Å². The average molecular weight is 362 g/mol. The Hall–Kier alpha value is -1.99. The van der Waals surface area contributed by atoms with Crippen molar-refractivity contribution in [2.24, 2.45) is 17.8 Å². The number of hydrogen-bond acceptors (Lipinski definition) is 5. The number of piperidine rings is 1. The third-order valence-corrected chi connectivity index (χ3v) is 5.83. The second-order valence-electron chi connectivity index (χ2n) is 7.90. The van der Waals surface area contributed by atoms with Gasteiger partial charge in [0, 0.05) is 32.1 Å². The van der Waals surface area contributed by atoms with Crippen LogP contribution in [0, 0.1) is 17.8 Å². The lowest BCUT2D eigenvalue weighted by atomic mass is 9.80. The van der Waals surface area contributed by atoms with Crippen molar-refractivity contribution in [2.75, 3.05) is 26.2 Å². The summed E-state index contributed by atoms with van der Waals surface area (Å²) in [5.41, 5.74) is 0. The molecular formula is C18H30N6O2. The van der Waals surface area contributed by atoms with Gasteiger partial charge in [0.1, 0.15) is 12.9 Å². The van der Waals surface area contributed by atoms with E-state index in [4.69, 9.17) is 0 Å². The largest absolute Gasteiger partial charge is 0.342 e. The maximum atomic E-state index is 12.4. The normalized spacial score (nSPS) is 22.5. The van der Waals surface area contributed by atoms with Crippen LogP contribution in [0.5, 0.6) is 0 Å². The molecule has 2 aliphatic heterocycles. The summed E-state index contributed by atoms with van der Waals surface area (Å²) in [5.74, 6) is 1.81. The van der Waals surface area contributed by atoms with Crippen molar-refractivity contribution in [2.45, 2.75) is 52.5 Å². The van der Waals surface area contributed by atoms with Gasteiger partial charge in [-0.2, -0.15) is 0 Å². The molecule has 0 bridgehead atoms. The fourth-order valence-electron chi connectivity index (χ4n) is 4.29. The minimum Gasteiger partial charge on any atom is -0.342 e. The van der Waals surface area contributed by atoms with Crippen LogP contribution in [-0.2, 0) is 16.1 Å². The van der Waals surface area contributed by atoms with Crippen molar-refractivity contribution in [3.05, 3.63) is 6.33 Å². The highest BCUT2D eigenvalue weighted by molar-refractivity contribution is 5.78. The van der Waals surface area contributed by atoms with Crippen LogP contribution < -0.4 is 0 Å². The molecule has 3 heterocycles. The van der Waals surface area contributed by atoms with Gasteiger partial charge < -0.3 is 9.80 Å². The summed E-state index contributed by atoms with van der Waals surface area (Å²) in [5, 5.41) is 10.9. The first-order valence-electron chi connectivity index (χ1n) is 9.82. The second-order valence-corrected chi connectivity index (χ2v) is 7.90. The number of hydrogen-bond donors (Lipinski definition) is 0. The van der Waals surface area contributed by atoms with Crippen LogP contribution >= 0.6 is 0 Å². The van der Waals surface area contributed by atoms with E-state index in [-0.39, 0.29) is 24.3 Å². The van der Waals surface area contributed by atoms with E-state index < -0.39 is 0 Å². The van der Waals surface area contributed by atoms with Crippen molar-refractivity contribution in [1.82, 2.24) is 30.0 Å². The standard InChI is InChI=1S/C18H30N6O2/c1-14(2)18(26)23-10-6-16(7-11-23)15-4-3-8-22(9-5-15)17(25)12-24-13-19-20-21-24/h13-16H,3-12H2,1-2H3. The van der Waals surface area contributed by atoms with E-state index in [1.54, 1.807) is 0 Å². The van der Waals surface area contributed by atoms with Gasteiger partial charge >= 0.3 is 0 Å². The lowest BCUT2D eigenvalue weighted by molar-refractivity contribution is -0.136. The zero-order valence-electron chi connectivity index (χ0n) is 15.9. The Bertz CT molecular complexity index is 595. The molecule has 0 aromatic carbocycles. The van der Waals surface area contributed by atoms with Crippen LogP contribution in [0.3, 0.4) is 0 Å². The maximum Gasteiger partial charge on any atom is 0.244 e. The molecule has 1 aromatic rings. The Morgan fingerprint density at radius 2 is 1.65 bits per heavy atom. The molecule has 3 rings (SSSR count). The van der Waals surface area contributed by atoms with Gasteiger partial charge in [-0.1, -0.05) is 13.8 Å². The molecule has 0 spiro atoms. The van der Waals surface area contributed by atoms with Gasteiger partial charge in [-0.25, -0.2) is 4.68 Å². The summed E-state index contributed by atoms with van der Waals surface area (Å²) in [7, 11) is 0. The van der Waals surface area contributed by atoms with Crippen LogP contribution in [0.1, 0.15) is 46.0 Å². The van der Waals surface area contributed by atoms with E-state index in [0.29, 0.717) is 11.8 Å². The summed E-state index contributed by atoms with van der Waals surface area (Å²) in [6.45, 7) is 7.58. The minimum atomic E-state index is 0.0872. The van der Waals surface area contributed by atoms with Crippen LogP contribution in [0.4, 0.5) is 0 Å². The number of amides is 2. The summed E-state index contributed by atoms with van der Waals surface area (Å²) >= 11 is 0. The minimum absolute atomic E-state index is 0.0872. The predicted octanol–water partition coefficient (Wildman–Crippen LogP) is 1.20. The topological polar surface area (TPSA) is 84.2 Å². The van der Waals surface area contributed by atoms with Crippen molar-refractivity contribution in [1.29, 1.82) is 0 Å². The Morgan fingerprint density at radius 1 is 1.00 bits per heavy atom. The highest BCUT2D eigenvalue weighted by atomic mass is 16.2. The second kappa shape index (κ2) is 8.60. The van der Waals surface area contributed by atoms with E-state index in [9.17, 15) is 9.59 Å². The molecule has 0 N–H and O–H groups in total.